The van der Waals surface area contributed by atoms with Crippen LogP contribution in [0.15, 0.2) is 29.3 Å². The van der Waals surface area contributed by atoms with Gasteiger partial charge in [0.25, 0.3) is 0 Å². The molecular formula is C19H29ClIN3O2. The Bertz CT molecular complexity index is 612. The van der Waals surface area contributed by atoms with E-state index in [2.05, 4.69) is 41.2 Å². The van der Waals surface area contributed by atoms with Gasteiger partial charge >= 0.3 is 5.97 Å². The highest BCUT2D eigenvalue weighted by atomic mass is 127. The Morgan fingerprint density at radius 3 is 2.38 bits per heavy atom. The minimum atomic E-state index is -0.105. The van der Waals surface area contributed by atoms with Gasteiger partial charge in [-0.1, -0.05) is 37.6 Å². The Hall–Kier alpha value is -1.02. The third-order valence-corrected chi connectivity index (χ3v) is 5.11. The van der Waals surface area contributed by atoms with Gasteiger partial charge in [-0.25, -0.2) is 0 Å². The number of benzene rings is 1. The lowest BCUT2D eigenvalue weighted by Crippen LogP contribution is -2.49. The lowest BCUT2D eigenvalue weighted by Gasteiger charge is -2.35. The van der Waals surface area contributed by atoms with Crippen molar-refractivity contribution < 1.29 is 9.53 Å². The molecule has 1 saturated heterocycles. The summed E-state index contributed by atoms with van der Waals surface area (Å²) in [5, 5.41) is 4.22. The van der Waals surface area contributed by atoms with Crippen molar-refractivity contribution >= 4 is 47.5 Å². The van der Waals surface area contributed by atoms with Crippen molar-refractivity contribution in [1.82, 2.24) is 10.2 Å². The van der Waals surface area contributed by atoms with E-state index in [1.807, 2.05) is 12.1 Å². The molecule has 1 aromatic rings. The first-order valence-electron chi connectivity index (χ1n) is 8.67. The van der Waals surface area contributed by atoms with Crippen LogP contribution in [-0.2, 0) is 14.9 Å². The second-order valence-corrected chi connectivity index (χ2v) is 7.51. The van der Waals surface area contributed by atoms with Crippen molar-refractivity contribution in [3.8, 4) is 0 Å². The maximum Gasteiger partial charge on any atom is 0.308 e. The Morgan fingerprint density at radius 1 is 1.31 bits per heavy atom. The minimum Gasteiger partial charge on any atom is -0.469 e. The number of carbonyl (C=O) groups is 1. The van der Waals surface area contributed by atoms with E-state index in [0.29, 0.717) is 0 Å². The van der Waals surface area contributed by atoms with Gasteiger partial charge < -0.3 is 15.0 Å². The highest BCUT2D eigenvalue weighted by Gasteiger charge is 2.28. The van der Waals surface area contributed by atoms with Gasteiger partial charge in [-0.05, 0) is 30.5 Å². The molecule has 1 N–H and O–H groups in total. The van der Waals surface area contributed by atoms with Crippen LogP contribution in [0, 0.1) is 5.92 Å². The molecule has 0 saturated carbocycles. The average molecular weight is 494 g/mol. The number of nitrogens with one attached hydrogen (secondary N) is 1. The molecule has 0 radical (unpaired) electrons. The van der Waals surface area contributed by atoms with E-state index in [1.165, 1.54) is 12.7 Å². The number of esters is 1. The molecular weight excluding hydrogens is 465 g/mol. The van der Waals surface area contributed by atoms with Crippen LogP contribution >= 0.6 is 35.6 Å². The largest absolute Gasteiger partial charge is 0.469 e. The van der Waals surface area contributed by atoms with Crippen LogP contribution in [-0.4, -0.2) is 50.6 Å². The lowest BCUT2D eigenvalue weighted by molar-refractivity contribution is -0.146. The number of nitrogens with zero attached hydrogens (tertiary/aromatic N) is 2. The molecule has 1 fully saturated rings. The topological polar surface area (TPSA) is 53.9 Å². The summed E-state index contributed by atoms with van der Waals surface area (Å²) in [6, 6.07) is 7.97. The molecule has 2 rings (SSSR count). The fourth-order valence-electron chi connectivity index (χ4n) is 3.13. The monoisotopic (exact) mass is 493 g/mol. The molecule has 7 heteroatoms. The molecule has 0 spiro atoms. The van der Waals surface area contributed by atoms with E-state index in [9.17, 15) is 4.79 Å². The fraction of sp³-hybridized carbons (Fsp3) is 0.579. The smallest absolute Gasteiger partial charge is 0.308 e. The standard InChI is InChI=1S/C19H28ClN3O2.HI/c1-19(2,15-5-7-16(20)8-6-15)13-22-18(21-3)23-11-9-14(10-12-23)17(24)25-4;/h5-8,14H,9-13H2,1-4H3,(H,21,22);1H. The number of methoxy groups -OCH3 is 1. The average Bonchev–Trinajstić information content (AvgIpc) is 2.62. The van der Waals surface area contributed by atoms with Crippen LogP contribution in [0.2, 0.25) is 5.02 Å². The number of piperidine rings is 1. The molecule has 5 nitrogen and oxygen atoms in total. The van der Waals surface area contributed by atoms with Crippen molar-refractivity contribution in [2.75, 3.05) is 33.8 Å². The van der Waals surface area contributed by atoms with Crippen molar-refractivity contribution in [3.63, 3.8) is 0 Å². The second-order valence-electron chi connectivity index (χ2n) is 7.08. The lowest BCUT2D eigenvalue weighted by atomic mass is 9.84. The normalized spacial score (nSPS) is 16.0. The highest BCUT2D eigenvalue weighted by molar-refractivity contribution is 14.0. The number of carbonyl (C=O) groups excluding carboxylic acids is 1. The summed E-state index contributed by atoms with van der Waals surface area (Å²) in [4.78, 5) is 18.3. The van der Waals surface area contributed by atoms with E-state index >= 15 is 0 Å². The van der Waals surface area contributed by atoms with Gasteiger partial charge in [-0.3, -0.25) is 9.79 Å². The molecule has 0 unspecified atom stereocenters. The molecule has 146 valence electrons. The van der Waals surface area contributed by atoms with Crippen LogP contribution in [0.3, 0.4) is 0 Å². The summed E-state index contributed by atoms with van der Waals surface area (Å²) in [6.07, 6.45) is 1.60. The fourth-order valence-corrected chi connectivity index (χ4v) is 3.26. The zero-order valence-corrected chi connectivity index (χ0v) is 19.0. The van der Waals surface area contributed by atoms with Crippen molar-refractivity contribution in [2.24, 2.45) is 10.9 Å². The molecule has 1 aliphatic rings. The third kappa shape index (κ3) is 6.01. The van der Waals surface area contributed by atoms with Crippen molar-refractivity contribution in [1.29, 1.82) is 0 Å². The van der Waals surface area contributed by atoms with E-state index in [4.69, 9.17) is 16.3 Å². The number of likely N-dealkylation sites (tertiary alicyclic amines) is 1. The molecule has 0 aliphatic carbocycles. The first kappa shape index (κ1) is 23.0. The molecule has 0 bridgehead atoms. The predicted octanol–water partition coefficient (Wildman–Crippen LogP) is 3.70. The number of halogens is 2. The van der Waals surface area contributed by atoms with Gasteiger partial charge in [0.05, 0.1) is 13.0 Å². The Morgan fingerprint density at radius 2 is 1.88 bits per heavy atom. The number of rotatable bonds is 4. The molecule has 0 atom stereocenters. The van der Waals surface area contributed by atoms with Gasteiger partial charge in [-0.2, -0.15) is 0 Å². The van der Waals surface area contributed by atoms with Crippen LogP contribution in [0.25, 0.3) is 0 Å². The number of hydrogen-bond acceptors (Lipinski definition) is 3. The van der Waals surface area contributed by atoms with Gasteiger partial charge in [0.15, 0.2) is 5.96 Å². The summed E-state index contributed by atoms with van der Waals surface area (Å²) in [5.74, 6) is 0.779. The Kier molecular flexibility index (Phi) is 9.16. The van der Waals surface area contributed by atoms with Gasteiger partial charge in [0, 0.05) is 37.1 Å². The molecule has 0 aromatic heterocycles. The molecule has 0 amide bonds. The van der Waals surface area contributed by atoms with Gasteiger partial charge in [0.2, 0.25) is 0 Å². The van der Waals surface area contributed by atoms with Crippen molar-refractivity contribution in [2.45, 2.75) is 32.1 Å². The number of aliphatic imine (C=N–C) groups is 1. The summed E-state index contributed by atoms with van der Waals surface area (Å²) >= 11 is 5.98. The van der Waals surface area contributed by atoms with Crippen LogP contribution in [0.4, 0.5) is 0 Å². The maximum atomic E-state index is 11.7. The van der Waals surface area contributed by atoms with E-state index < -0.39 is 0 Å². The summed E-state index contributed by atoms with van der Waals surface area (Å²) in [7, 11) is 3.25. The summed E-state index contributed by atoms with van der Waals surface area (Å²) in [5.41, 5.74) is 1.18. The van der Waals surface area contributed by atoms with Gasteiger partial charge in [-0.15, -0.1) is 24.0 Å². The third-order valence-electron chi connectivity index (χ3n) is 4.85. The Balaban J connectivity index is 0.00000338. The first-order valence-corrected chi connectivity index (χ1v) is 9.04. The zero-order valence-electron chi connectivity index (χ0n) is 15.9. The maximum absolute atomic E-state index is 11.7. The number of guanidine groups is 1. The second kappa shape index (κ2) is 10.3. The van der Waals surface area contributed by atoms with E-state index in [1.54, 1.807) is 7.05 Å². The predicted molar refractivity (Wildman–Crippen MR) is 118 cm³/mol. The summed E-state index contributed by atoms with van der Waals surface area (Å²) in [6.45, 7) is 6.76. The van der Waals surface area contributed by atoms with Gasteiger partial charge in [0.1, 0.15) is 0 Å². The number of hydrogen-bond donors (Lipinski definition) is 1. The number of ether oxygens (including phenoxy) is 1. The molecule has 1 heterocycles. The van der Waals surface area contributed by atoms with Crippen LogP contribution in [0.5, 0.6) is 0 Å². The molecule has 26 heavy (non-hydrogen) atoms. The van der Waals surface area contributed by atoms with Crippen LogP contribution in [0.1, 0.15) is 32.3 Å². The van der Waals surface area contributed by atoms with E-state index in [-0.39, 0.29) is 41.3 Å². The molecule has 1 aliphatic heterocycles. The zero-order chi connectivity index (χ0) is 18.4. The van der Waals surface area contributed by atoms with Crippen molar-refractivity contribution in [3.05, 3.63) is 34.9 Å². The first-order chi connectivity index (χ1) is 11.9. The van der Waals surface area contributed by atoms with E-state index in [0.717, 1.165) is 43.5 Å². The Labute approximate surface area is 178 Å². The summed E-state index contributed by atoms with van der Waals surface area (Å²) < 4.78 is 4.85. The van der Waals surface area contributed by atoms with Crippen LogP contribution < -0.4 is 5.32 Å². The molecule has 1 aromatic carbocycles. The highest BCUT2D eigenvalue weighted by Crippen LogP contribution is 2.24. The quantitative estimate of drug-likeness (QED) is 0.301. The SMILES string of the molecule is CN=C(NCC(C)(C)c1ccc(Cl)cc1)N1CCC(C(=O)OC)CC1.I. The minimum absolute atomic E-state index is 0.